The molecule has 0 aliphatic carbocycles. The monoisotopic (exact) mass is 279 g/mol. The molecule has 3 N–H and O–H groups in total. The molecule has 0 bridgehead atoms. The summed E-state index contributed by atoms with van der Waals surface area (Å²) in [6.45, 7) is 5.29. The van der Waals surface area contributed by atoms with Crippen molar-refractivity contribution in [2.75, 3.05) is 26.2 Å². The van der Waals surface area contributed by atoms with E-state index < -0.39 is 0 Å². The Balaban J connectivity index is 1.91. The molecule has 2 rings (SSSR count). The lowest BCUT2D eigenvalue weighted by atomic mass is 10.0. The number of carbonyl (C=O) groups is 1. The molecule has 1 fully saturated rings. The van der Waals surface area contributed by atoms with E-state index in [1.807, 2.05) is 6.92 Å². The molecule has 0 unspecified atom stereocenters. The van der Waals surface area contributed by atoms with Crippen molar-refractivity contribution in [1.29, 1.82) is 0 Å². The van der Waals surface area contributed by atoms with Gasteiger partial charge in [0.05, 0.1) is 0 Å². The van der Waals surface area contributed by atoms with Crippen LogP contribution < -0.4 is 11.1 Å². The Morgan fingerprint density at radius 2 is 2.15 bits per heavy atom. The van der Waals surface area contributed by atoms with Gasteiger partial charge in [0.25, 0.3) is 5.91 Å². The normalized spacial score (nSPS) is 17.1. The fraction of sp³-hybridized carbons (Fsp3) is 0.533. The number of carbonyl (C=O) groups excluding carboxylic acids is 1. The Bertz CT molecular complexity index is 470. The highest BCUT2D eigenvalue weighted by Crippen LogP contribution is 2.13. The fourth-order valence-corrected chi connectivity index (χ4v) is 2.59. The minimum Gasteiger partial charge on any atom is -0.349 e. The Kier molecular flexibility index (Phi) is 5.09. The van der Waals surface area contributed by atoms with E-state index in [1.54, 1.807) is 6.07 Å². The van der Waals surface area contributed by atoms with Crippen molar-refractivity contribution in [2.24, 2.45) is 5.73 Å². The van der Waals surface area contributed by atoms with Crippen LogP contribution in [0.2, 0.25) is 0 Å². The largest absolute Gasteiger partial charge is 0.349 e. The van der Waals surface area contributed by atoms with Crippen molar-refractivity contribution in [3.05, 3.63) is 35.1 Å². The fourth-order valence-electron chi connectivity index (χ4n) is 2.59. The van der Waals surface area contributed by atoms with E-state index in [4.69, 9.17) is 5.73 Å². The van der Waals surface area contributed by atoms with Gasteiger partial charge in [-0.1, -0.05) is 6.07 Å². The van der Waals surface area contributed by atoms with Gasteiger partial charge in [-0.25, -0.2) is 4.39 Å². The van der Waals surface area contributed by atoms with E-state index in [1.165, 1.54) is 12.1 Å². The number of halogens is 1. The number of nitrogens with zero attached hydrogens (tertiary/aromatic N) is 1. The van der Waals surface area contributed by atoms with Crippen molar-refractivity contribution < 1.29 is 9.18 Å². The summed E-state index contributed by atoms with van der Waals surface area (Å²) >= 11 is 0. The predicted octanol–water partition coefficient (Wildman–Crippen LogP) is 1.29. The second kappa shape index (κ2) is 6.81. The van der Waals surface area contributed by atoms with Crippen molar-refractivity contribution in [3.63, 3.8) is 0 Å². The Hall–Kier alpha value is -1.46. The molecule has 1 heterocycles. The molecule has 110 valence electrons. The molecule has 1 aromatic rings. The van der Waals surface area contributed by atoms with Crippen LogP contribution in [0.15, 0.2) is 18.2 Å². The lowest BCUT2D eigenvalue weighted by molar-refractivity contribution is 0.0911. The van der Waals surface area contributed by atoms with Gasteiger partial charge < -0.3 is 16.0 Å². The first kappa shape index (κ1) is 14.9. The minimum absolute atomic E-state index is 0.166. The minimum atomic E-state index is -0.376. The van der Waals surface area contributed by atoms with Gasteiger partial charge in [0.15, 0.2) is 0 Å². The third-order valence-corrected chi connectivity index (χ3v) is 3.81. The molecule has 0 saturated carbocycles. The molecular formula is C15H22FN3O. The van der Waals surface area contributed by atoms with Gasteiger partial charge in [0.2, 0.25) is 0 Å². The van der Waals surface area contributed by atoms with Crippen LogP contribution in [-0.2, 0) is 0 Å². The third kappa shape index (κ3) is 3.77. The zero-order chi connectivity index (χ0) is 14.5. The van der Waals surface area contributed by atoms with Gasteiger partial charge in [-0.05, 0) is 37.5 Å². The Morgan fingerprint density at radius 1 is 1.45 bits per heavy atom. The molecule has 0 atom stereocenters. The molecule has 1 aliphatic heterocycles. The number of likely N-dealkylation sites (tertiary alicyclic amines) is 1. The zero-order valence-corrected chi connectivity index (χ0v) is 11.9. The molecule has 5 heteroatoms. The van der Waals surface area contributed by atoms with Crippen molar-refractivity contribution in [1.82, 2.24) is 10.2 Å². The molecule has 0 spiro atoms. The average molecular weight is 279 g/mol. The molecule has 1 aromatic carbocycles. The van der Waals surface area contributed by atoms with Crippen LogP contribution in [0, 0.1) is 12.7 Å². The number of benzene rings is 1. The number of nitrogens with two attached hydrogens (primary N) is 1. The van der Waals surface area contributed by atoms with E-state index in [0.717, 1.165) is 38.0 Å². The van der Waals surface area contributed by atoms with Crippen LogP contribution in [0.25, 0.3) is 0 Å². The summed E-state index contributed by atoms with van der Waals surface area (Å²) in [5.74, 6) is -0.558. The van der Waals surface area contributed by atoms with Gasteiger partial charge in [0.1, 0.15) is 5.82 Å². The summed E-state index contributed by atoms with van der Waals surface area (Å²) in [7, 11) is 0. The van der Waals surface area contributed by atoms with Gasteiger partial charge >= 0.3 is 0 Å². The molecule has 1 aliphatic rings. The Morgan fingerprint density at radius 3 is 2.80 bits per heavy atom. The number of nitrogens with one attached hydrogen (secondary N) is 1. The van der Waals surface area contributed by atoms with Crippen LogP contribution in [-0.4, -0.2) is 43.0 Å². The van der Waals surface area contributed by atoms with Crippen LogP contribution in [0.3, 0.4) is 0 Å². The molecule has 0 aromatic heterocycles. The van der Waals surface area contributed by atoms with Gasteiger partial charge in [-0.3, -0.25) is 4.79 Å². The second-order valence-electron chi connectivity index (χ2n) is 5.34. The summed E-state index contributed by atoms with van der Waals surface area (Å²) in [6, 6.07) is 4.47. The standard InChI is InChI=1S/C15H22FN3O/c1-11-2-3-12(16)10-14(11)15(20)18-13-4-7-19(8-5-13)9-6-17/h2-3,10,13H,4-9,17H2,1H3,(H,18,20). The number of rotatable bonds is 4. The number of hydrogen-bond donors (Lipinski definition) is 2. The van der Waals surface area contributed by atoms with E-state index in [9.17, 15) is 9.18 Å². The lowest BCUT2D eigenvalue weighted by Gasteiger charge is -2.32. The van der Waals surface area contributed by atoms with E-state index >= 15 is 0 Å². The van der Waals surface area contributed by atoms with Crippen molar-refractivity contribution in [2.45, 2.75) is 25.8 Å². The first-order chi connectivity index (χ1) is 9.60. The van der Waals surface area contributed by atoms with Crippen LogP contribution in [0.4, 0.5) is 4.39 Å². The molecule has 20 heavy (non-hydrogen) atoms. The highest BCUT2D eigenvalue weighted by atomic mass is 19.1. The smallest absolute Gasteiger partial charge is 0.251 e. The summed E-state index contributed by atoms with van der Waals surface area (Å²) < 4.78 is 13.2. The number of amides is 1. The highest BCUT2D eigenvalue weighted by molar-refractivity contribution is 5.95. The van der Waals surface area contributed by atoms with Crippen molar-refractivity contribution in [3.8, 4) is 0 Å². The van der Waals surface area contributed by atoms with Crippen LogP contribution >= 0.6 is 0 Å². The molecule has 0 radical (unpaired) electrons. The lowest BCUT2D eigenvalue weighted by Crippen LogP contribution is -2.45. The zero-order valence-electron chi connectivity index (χ0n) is 11.9. The number of aryl methyl sites for hydroxylation is 1. The first-order valence-electron chi connectivity index (χ1n) is 7.09. The summed E-state index contributed by atoms with van der Waals surface area (Å²) in [5.41, 5.74) is 6.76. The maximum atomic E-state index is 13.2. The third-order valence-electron chi connectivity index (χ3n) is 3.81. The van der Waals surface area contributed by atoms with Crippen LogP contribution in [0.5, 0.6) is 0 Å². The molecule has 4 nitrogen and oxygen atoms in total. The summed E-state index contributed by atoms with van der Waals surface area (Å²) in [5, 5.41) is 3.00. The maximum absolute atomic E-state index is 13.2. The molecule has 1 saturated heterocycles. The summed E-state index contributed by atoms with van der Waals surface area (Å²) in [4.78, 5) is 14.5. The number of piperidine rings is 1. The van der Waals surface area contributed by atoms with Crippen LogP contribution in [0.1, 0.15) is 28.8 Å². The molecule has 1 amide bonds. The number of hydrogen-bond acceptors (Lipinski definition) is 3. The second-order valence-corrected chi connectivity index (χ2v) is 5.34. The SMILES string of the molecule is Cc1ccc(F)cc1C(=O)NC1CCN(CCN)CC1. The van der Waals surface area contributed by atoms with E-state index in [0.29, 0.717) is 12.1 Å². The van der Waals surface area contributed by atoms with Gasteiger partial charge in [-0.15, -0.1) is 0 Å². The average Bonchev–Trinajstić information content (AvgIpc) is 2.44. The van der Waals surface area contributed by atoms with E-state index in [2.05, 4.69) is 10.2 Å². The highest BCUT2D eigenvalue weighted by Gasteiger charge is 2.21. The quantitative estimate of drug-likeness (QED) is 0.873. The first-order valence-corrected chi connectivity index (χ1v) is 7.09. The van der Waals surface area contributed by atoms with E-state index in [-0.39, 0.29) is 17.8 Å². The summed E-state index contributed by atoms with van der Waals surface area (Å²) in [6.07, 6.45) is 1.83. The maximum Gasteiger partial charge on any atom is 0.251 e. The van der Waals surface area contributed by atoms with Gasteiger partial charge in [0, 0.05) is 37.8 Å². The predicted molar refractivity (Wildman–Crippen MR) is 77.1 cm³/mol. The molecular weight excluding hydrogens is 257 g/mol. The van der Waals surface area contributed by atoms with Crippen molar-refractivity contribution >= 4 is 5.91 Å². The topological polar surface area (TPSA) is 58.4 Å². The Labute approximate surface area is 119 Å². The van der Waals surface area contributed by atoms with Gasteiger partial charge in [-0.2, -0.15) is 0 Å².